The SMILES string of the molecule is COC(OC)C(C)NC(=O)CCC(C)CCN. The van der Waals surface area contributed by atoms with Gasteiger partial charge in [0.05, 0.1) is 6.04 Å². The molecule has 102 valence electrons. The lowest BCUT2D eigenvalue weighted by Crippen LogP contribution is -2.42. The average molecular weight is 246 g/mol. The Morgan fingerprint density at radius 2 is 1.82 bits per heavy atom. The minimum atomic E-state index is -0.402. The summed E-state index contributed by atoms with van der Waals surface area (Å²) in [6.45, 7) is 4.64. The van der Waals surface area contributed by atoms with Crippen LogP contribution in [0.1, 0.15) is 33.1 Å². The second-order valence-electron chi connectivity index (χ2n) is 4.42. The molecule has 0 rings (SSSR count). The summed E-state index contributed by atoms with van der Waals surface area (Å²) in [5.41, 5.74) is 5.46. The van der Waals surface area contributed by atoms with Crippen molar-refractivity contribution in [2.75, 3.05) is 20.8 Å². The summed E-state index contributed by atoms with van der Waals surface area (Å²) in [6, 6.07) is -0.151. The van der Waals surface area contributed by atoms with Crippen molar-refractivity contribution in [3.05, 3.63) is 0 Å². The molecule has 5 heteroatoms. The van der Waals surface area contributed by atoms with Crippen LogP contribution in [0.2, 0.25) is 0 Å². The molecule has 3 N–H and O–H groups in total. The van der Waals surface area contributed by atoms with Crippen molar-refractivity contribution in [3.63, 3.8) is 0 Å². The highest BCUT2D eigenvalue weighted by Gasteiger charge is 2.17. The number of amides is 1. The Kier molecular flexibility index (Phi) is 9.03. The molecule has 0 radical (unpaired) electrons. The van der Waals surface area contributed by atoms with Crippen molar-refractivity contribution in [1.82, 2.24) is 5.32 Å². The van der Waals surface area contributed by atoms with Crippen molar-refractivity contribution in [1.29, 1.82) is 0 Å². The molecule has 0 fully saturated rings. The molecular weight excluding hydrogens is 220 g/mol. The van der Waals surface area contributed by atoms with Crippen LogP contribution in [-0.4, -0.2) is 39.0 Å². The Bertz CT molecular complexity index is 208. The number of carbonyl (C=O) groups is 1. The monoisotopic (exact) mass is 246 g/mol. The maximum Gasteiger partial charge on any atom is 0.220 e. The summed E-state index contributed by atoms with van der Waals surface area (Å²) in [7, 11) is 3.11. The molecule has 0 heterocycles. The van der Waals surface area contributed by atoms with Crippen molar-refractivity contribution < 1.29 is 14.3 Å². The molecule has 0 aromatic carbocycles. The van der Waals surface area contributed by atoms with Crippen LogP contribution in [-0.2, 0) is 14.3 Å². The third-order valence-electron chi connectivity index (χ3n) is 2.79. The topological polar surface area (TPSA) is 73.6 Å². The lowest BCUT2D eigenvalue weighted by Gasteiger charge is -2.22. The van der Waals surface area contributed by atoms with E-state index in [1.54, 1.807) is 14.2 Å². The first kappa shape index (κ1) is 16.4. The van der Waals surface area contributed by atoms with Gasteiger partial charge < -0.3 is 20.5 Å². The second kappa shape index (κ2) is 9.39. The van der Waals surface area contributed by atoms with Crippen molar-refractivity contribution in [2.24, 2.45) is 11.7 Å². The van der Waals surface area contributed by atoms with Gasteiger partial charge in [0.2, 0.25) is 5.91 Å². The standard InChI is InChI=1S/C12H26N2O3/c1-9(7-8-13)5-6-11(15)14-10(2)12(16-3)17-4/h9-10,12H,5-8,13H2,1-4H3,(H,14,15). The Balaban J connectivity index is 3.85. The molecule has 0 bridgehead atoms. The summed E-state index contributed by atoms with van der Waals surface area (Å²) in [6.07, 6.45) is 1.94. The molecule has 5 nitrogen and oxygen atoms in total. The van der Waals surface area contributed by atoms with E-state index in [4.69, 9.17) is 15.2 Å². The Morgan fingerprint density at radius 1 is 1.24 bits per heavy atom. The maximum atomic E-state index is 11.6. The van der Waals surface area contributed by atoms with E-state index in [1.807, 2.05) is 6.92 Å². The van der Waals surface area contributed by atoms with E-state index >= 15 is 0 Å². The van der Waals surface area contributed by atoms with Gasteiger partial charge in [0.1, 0.15) is 0 Å². The first-order valence-corrected chi connectivity index (χ1v) is 6.10. The molecule has 0 saturated heterocycles. The summed E-state index contributed by atoms with van der Waals surface area (Å²) in [4.78, 5) is 11.6. The zero-order valence-corrected chi connectivity index (χ0v) is 11.4. The van der Waals surface area contributed by atoms with Gasteiger partial charge in [-0.1, -0.05) is 6.92 Å². The second-order valence-corrected chi connectivity index (χ2v) is 4.42. The number of nitrogens with one attached hydrogen (secondary N) is 1. The fourth-order valence-corrected chi connectivity index (χ4v) is 1.70. The number of hydrogen-bond acceptors (Lipinski definition) is 4. The van der Waals surface area contributed by atoms with E-state index in [1.165, 1.54) is 0 Å². The Labute approximate surface area is 104 Å². The molecule has 1 amide bonds. The van der Waals surface area contributed by atoms with Crippen LogP contribution in [0.25, 0.3) is 0 Å². The zero-order valence-electron chi connectivity index (χ0n) is 11.4. The van der Waals surface area contributed by atoms with Crippen molar-refractivity contribution in [3.8, 4) is 0 Å². The fraction of sp³-hybridized carbons (Fsp3) is 0.917. The van der Waals surface area contributed by atoms with Crippen LogP contribution in [0.5, 0.6) is 0 Å². The molecule has 0 aliphatic rings. The summed E-state index contributed by atoms with van der Waals surface area (Å²) < 4.78 is 10.1. The lowest BCUT2D eigenvalue weighted by atomic mass is 10.0. The molecule has 0 saturated carbocycles. The van der Waals surface area contributed by atoms with Crippen LogP contribution >= 0.6 is 0 Å². The number of ether oxygens (including phenoxy) is 2. The van der Waals surface area contributed by atoms with E-state index in [-0.39, 0.29) is 11.9 Å². The molecule has 0 aromatic rings. The minimum absolute atomic E-state index is 0.0282. The van der Waals surface area contributed by atoms with E-state index in [9.17, 15) is 4.79 Å². The van der Waals surface area contributed by atoms with E-state index in [0.717, 1.165) is 12.8 Å². The lowest BCUT2D eigenvalue weighted by molar-refractivity contribution is -0.136. The van der Waals surface area contributed by atoms with Crippen LogP contribution in [0, 0.1) is 5.92 Å². The first-order valence-electron chi connectivity index (χ1n) is 6.10. The zero-order chi connectivity index (χ0) is 13.3. The normalized spacial score (nSPS) is 14.7. The molecule has 0 aromatic heterocycles. The number of methoxy groups -OCH3 is 2. The van der Waals surface area contributed by atoms with Crippen LogP contribution in [0.4, 0.5) is 0 Å². The molecule has 2 unspecified atom stereocenters. The fourth-order valence-electron chi connectivity index (χ4n) is 1.70. The number of rotatable bonds is 9. The van der Waals surface area contributed by atoms with Gasteiger partial charge in [-0.05, 0) is 32.2 Å². The number of nitrogens with two attached hydrogens (primary N) is 1. The Morgan fingerprint density at radius 3 is 2.29 bits per heavy atom. The molecule has 2 atom stereocenters. The van der Waals surface area contributed by atoms with Gasteiger partial charge in [0.15, 0.2) is 6.29 Å². The first-order chi connectivity index (χ1) is 8.04. The van der Waals surface area contributed by atoms with E-state index in [2.05, 4.69) is 12.2 Å². The van der Waals surface area contributed by atoms with Gasteiger partial charge in [-0.2, -0.15) is 0 Å². The predicted molar refractivity (Wildman–Crippen MR) is 67.5 cm³/mol. The van der Waals surface area contributed by atoms with Gasteiger partial charge in [0, 0.05) is 20.6 Å². The van der Waals surface area contributed by atoms with Gasteiger partial charge in [0.25, 0.3) is 0 Å². The smallest absolute Gasteiger partial charge is 0.220 e. The summed E-state index contributed by atoms with van der Waals surface area (Å²) >= 11 is 0. The third-order valence-corrected chi connectivity index (χ3v) is 2.79. The largest absolute Gasteiger partial charge is 0.354 e. The van der Waals surface area contributed by atoms with Crippen LogP contribution < -0.4 is 11.1 Å². The third kappa shape index (κ3) is 7.31. The maximum absolute atomic E-state index is 11.6. The number of carbonyl (C=O) groups excluding carboxylic acids is 1. The van der Waals surface area contributed by atoms with Crippen LogP contribution in [0.3, 0.4) is 0 Å². The van der Waals surface area contributed by atoms with Gasteiger partial charge in [-0.25, -0.2) is 0 Å². The van der Waals surface area contributed by atoms with Crippen molar-refractivity contribution in [2.45, 2.75) is 45.4 Å². The predicted octanol–water partition coefficient (Wildman–Crippen LogP) is 0.875. The molecule has 0 spiro atoms. The van der Waals surface area contributed by atoms with Gasteiger partial charge >= 0.3 is 0 Å². The van der Waals surface area contributed by atoms with Gasteiger partial charge in [-0.3, -0.25) is 4.79 Å². The van der Waals surface area contributed by atoms with Gasteiger partial charge in [-0.15, -0.1) is 0 Å². The van der Waals surface area contributed by atoms with Crippen LogP contribution in [0.15, 0.2) is 0 Å². The quantitative estimate of drug-likeness (QED) is 0.592. The molecular formula is C12H26N2O3. The average Bonchev–Trinajstić information content (AvgIpc) is 2.28. The Hall–Kier alpha value is -0.650. The number of hydrogen-bond donors (Lipinski definition) is 2. The summed E-state index contributed by atoms with van der Waals surface area (Å²) in [5.74, 6) is 0.516. The summed E-state index contributed by atoms with van der Waals surface area (Å²) in [5, 5.41) is 2.86. The van der Waals surface area contributed by atoms with E-state index in [0.29, 0.717) is 18.9 Å². The minimum Gasteiger partial charge on any atom is -0.354 e. The van der Waals surface area contributed by atoms with Crippen molar-refractivity contribution >= 4 is 5.91 Å². The van der Waals surface area contributed by atoms with E-state index < -0.39 is 6.29 Å². The molecule has 0 aliphatic carbocycles. The molecule has 17 heavy (non-hydrogen) atoms. The highest BCUT2D eigenvalue weighted by Crippen LogP contribution is 2.09. The molecule has 0 aliphatic heterocycles. The highest BCUT2D eigenvalue weighted by molar-refractivity contribution is 5.76. The highest BCUT2D eigenvalue weighted by atomic mass is 16.7.